The van der Waals surface area contributed by atoms with Gasteiger partial charge in [-0.05, 0) is 48.8 Å². The molecule has 0 spiro atoms. The molecule has 0 unspecified atom stereocenters. The minimum atomic E-state index is -3.83. The van der Waals surface area contributed by atoms with Crippen molar-refractivity contribution in [1.82, 2.24) is 0 Å². The summed E-state index contributed by atoms with van der Waals surface area (Å²) in [5.41, 5.74) is 4.47. The standard InChI is InChI=1S/C23H21N2O2S.Na/c1-18-13-15-22(16-14-18)28(26,27)25-24-19(2)17-23(20-9-5-3-6-10-20)21-11-7-4-8-12-21;/h3-17H,1-2H3;/q-1;+1/b24-19+;. The van der Waals surface area contributed by atoms with Gasteiger partial charge in [-0.2, -0.15) is 0 Å². The summed E-state index contributed by atoms with van der Waals surface area (Å²) in [5, 5.41) is 3.96. The van der Waals surface area contributed by atoms with Gasteiger partial charge in [-0.15, -0.1) is 0 Å². The topological polar surface area (TPSA) is 60.6 Å². The van der Waals surface area contributed by atoms with Crippen LogP contribution in [0.15, 0.2) is 101 Å². The minimum absolute atomic E-state index is 0. The van der Waals surface area contributed by atoms with E-state index in [1.54, 1.807) is 19.1 Å². The summed E-state index contributed by atoms with van der Waals surface area (Å²) in [6.07, 6.45) is 1.85. The molecular weight excluding hydrogens is 391 g/mol. The number of rotatable bonds is 6. The maximum atomic E-state index is 12.4. The number of hydrogen-bond acceptors (Lipinski definition) is 3. The van der Waals surface area contributed by atoms with E-state index in [0.717, 1.165) is 22.3 Å². The van der Waals surface area contributed by atoms with Crippen LogP contribution in [-0.4, -0.2) is 14.1 Å². The molecular formula is C23H21N2NaO2S. The van der Waals surface area contributed by atoms with E-state index in [2.05, 4.69) is 9.93 Å². The molecule has 29 heavy (non-hydrogen) atoms. The zero-order chi connectivity index (χ0) is 20.0. The molecule has 0 heterocycles. The van der Waals surface area contributed by atoms with Crippen LogP contribution >= 0.6 is 0 Å². The molecule has 0 bridgehead atoms. The van der Waals surface area contributed by atoms with Crippen molar-refractivity contribution in [3.8, 4) is 0 Å². The molecule has 6 heteroatoms. The molecule has 4 nitrogen and oxygen atoms in total. The third-order valence-corrected chi connectivity index (χ3v) is 5.31. The predicted molar refractivity (Wildman–Crippen MR) is 115 cm³/mol. The van der Waals surface area contributed by atoms with E-state index in [1.807, 2.05) is 73.7 Å². The number of benzene rings is 3. The van der Waals surface area contributed by atoms with Crippen molar-refractivity contribution in [2.45, 2.75) is 18.7 Å². The first kappa shape index (κ1) is 23.1. The van der Waals surface area contributed by atoms with Gasteiger partial charge in [0.1, 0.15) is 10.0 Å². The van der Waals surface area contributed by atoms with Gasteiger partial charge in [0, 0.05) is 5.71 Å². The van der Waals surface area contributed by atoms with Crippen LogP contribution in [0.5, 0.6) is 0 Å². The molecule has 0 fully saturated rings. The van der Waals surface area contributed by atoms with Gasteiger partial charge in [0.25, 0.3) is 0 Å². The summed E-state index contributed by atoms with van der Waals surface area (Å²) in [7, 11) is -3.83. The van der Waals surface area contributed by atoms with Gasteiger partial charge >= 0.3 is 29.6 Å². The van der Waals surface area contributed by atoms with Crippen molar-refractivity contribution in [1.29, 1.82) is 0 Å². The van der Waals surface area contributed by atoms with Crippen LogP contribution in [0.25, 0.3) is 10.4 Å². The Labute approximate surface area is 194 Å². The first-order valence-electron chi connectivity index (χ1n) is 8.86. The summed E-state index contributed by atoms with van der Waals surface area (Å²) in [5.74, 6) is 0. The zero-order valence-electron chi connectivity index (χ0n) is 16.8. The summed E-state index contributed by atoms with van der Waals surface area (Å²) < 4.78 is 24.8. The summed E-state index contributed by atoms with van der Waals surface area (Å²) in [6.45, 7) is 3.63. The number of nitrogens with zero attached hydrogens (tertiary/aromatic N) is 2. The Morgan fingerprint density at radius 1 is 0.828 bits per heavy atom. The second-order valence-electron chi connectivity index (χ2n) is 6.40. The van der Waals surface area contributed by atoms with Gasteiger partial charge < -0.3 is 9.93 Å². The number of allylic oxidation sites excluding steroid dienone is 1. The van der Waals surface area contributed by atoms with Gasteiger partial charge in [0.05, 0.1) is 4.90 Å². The van der Waals surface area contributed by atoms with E-state index >= 15 is 0 Å². The molecule has 0 aliphatic rings. The van der Waals surface area contributed by atoms with Crippen LogP contribution in [0.2, 0.25) is 0 Å². The molecule has 0 N–H and O–H groups in total. The van der Waals surface area contributed by atoms with Gasteiger partial charge in [0.15, 0.2) is 0 Å². The van der Waals surface area contributed by atoms with E-state index in [9.17, 15) is 8.42 Å². The Bertz CT molecular complexity index is 1050. The Morgan fingerprint density at radius 2 is 1.31 bits per heavy atom. The average Bonchev–Trinajstić information content (AvgIpc) is 2.72. The normalized spacial score (nSPS) is 11.3. The fraction of sp³-hybridized carbons (Fsp3) is 0.0870. The van der Waals surface area contributed by atoms with E-state index in [4.69, 9.17) is 0 Å². The van der Waals surface area contributed by atoms with Crippen LogP contribution in [0.4, 0.5) is 0 Å². The zero-order valence-corrected chi connectivity index (χ0v) is 19.6. The molecule has 0 radical (unpaired) electrons. The monoisotopic (exact) mass is 412 g/mol. The van der Waals surface area contributed by atoms with E-state index < -0.39 is 10.0 Å². The molecule has 0 atom stereocenters. The van der Waals surface area contributed by atoms with E-state index in [1.165, 1.54) is 12.1 Å². The largest absolute Gasteiger partial charge is 1.00 e. The van der Waals surface area contributed by atoms with Gasteiger partial charge in [0.2, 0.25) is 0 Å². The van der Waals surface area contributed by atoms with E-state index in [-0.39, 0.29) is 34.5 Å². The molecule has 0 amide bonds. The Morgan fingerprint density at radius 3 is 1.79 bits per heavy atom. The molecule has 0 aliphatic heterocycles. The fourth-order valence-corrected chi connectivity index (χ4v) is 3.49. The van der Waals surface area contributed by atoms with Crippen molar-refractivity contribution in [2.75, 3.05) is 0 Å². The molecule has 3 aromatic rings. The van der Waals surface area contributed by atoms with Crippen LogP contribution in [-0.2, 0) is 10.0 Å². The average molecular weight is 412 g/mol. The van der Waals surface area contributed by atoms with Crippen molar-refractivity contribution < 1.29 is 38.0 Å². The van der Waals surface area contributed by atoms with Crippen LogP contribution < -0.4 is 29.6 Å². The molecule has 0 aliphatic carbocycles. The third kappa shape index (κ3) is 6.41. The first-order chi connectivity index (χ1) is 13.5. The van der Waals surface area contributed by atoms with Crippen molar-refractivity contribution in [2.24, 2.45) is 5.10 Å². The SMILES string of the molecule is C/C(C=C(c1ccccc1)c1ccccc1)=N\[N-]S(=O)(=O)c1ccc(C)cc1.[Na+]. The Kier molecular flexibility index (Phi) is 8.41. The van der Waals surface area contributed by atoms with Crippen LogP contribution in [0, 0.1) is 6.92 Å². The number of sulfonamides is 1. The molecule has 142 valence electrons. The third-order valence-electron chi connectivity index (χ3n) is 4.15. The van der Waals surface area contributed by atoms with Gasteiger partial charge in [-0.1, -0.05) is 78.4 Å². The smallest absolute Gasteiger partial charge is 0.490 e. The van der Waals surface area contributed by atoms with E-state index in [0.29, 0.717) is 5.71 Å². The Balaban J connectivity index is 0.00000300. The van der Waals surface area contributed by atoms with Gasteiger partial charge in [-0.3, -0.25) is 0 Å². The molecule has 0 saturated heterocycles. The quantitative estimate of drug-likeness (QED) is 0.355. The predicted octanol–water partition coefficient (Wildman–Crippen LogP) is 2.57. The minimum Gasteiger partial charge on any atom is -0.490 e. The molecule has 0 aromatic heterocycles. The molecule has 3 rings (SSSR count). The Hall–Kier alpha value is -2.18. The second-order valence-corrected chi connectivity index (χ2v) is 7.99. The maximum absolute atomic E-state index is 12.4. The van der Waals surface area contributed by atoms with Crippen molar-refractivity contribution in [3.05, 3.63) is 113 Å². The second kappa shape index (κ2) is 10.6. The maximum Gasteiger partial charge on any atom is 1.00 e. The molecule has 3 aromatic carbocycles. The number of hydrogen-bond donors (Lipinski definition) is 0. The van der Waals surface area contributed by atoms with Crippen molar-refractivity contribution >= 4 is 21.3 Å². The molecule has 0 saturated carbocycles. The van der Waals surface area contributed by atoms with Crippen molar-refractivity contribution in [3.63, 3.8) is 0 Å². The number of aryl methyl sites for hydroxylation is 1. The summed E-state index contributed by atoms with van der Waals surface area (Å²) in [6, 6.07) is 26.3. The fourth-order valence-electron chi connectivity index (χ4n) is 2.68. The van der Waals surface area contributed by atoms with Gasteiger partial charge in [-0.25, -0.2) is 8.42 Å². The first-order valence-corrected chi connectivity index (χ1v) is 10.3. The summed E-state index contributed by atoms with van der Waals surface area (Å²) >= 11 is 0. The van der Waals surface area contributed by atoms with Crippen LogP contribution in [0.3, 0.4) is 0 Å². The van der Waals surface area contributed by atoms with Crippen LogP contribution in [0.1, 0.15) is 23.6 Å². The summed E-state index contributed by atoms with van der Waals surface area (Å²) in [4.78, 5) is 3.74.